The molecule has 2 aromatic carbocycles. The SMILES string of the molecule is Cc1csc2cc([C@H](C)n3nc(-c4ccc(OC(F)P)c(F)c4)c4c(N)ncnc43)c(-c3ccccc3)c(=O)n12. The number of nitrogens with two attached hydrogens (primary N) is 1. The van der Waals surface area contributed by atoms with Crippen LogP contribution in [-0.4, -0.2) is 30.2 Å². The maximum atomic E-state index is 14.8. The second-order valence-corrected chi connectivity index (χ2v) is 10.7. The summed E-state index contributed by atoms with van der Waals surface area (Å²) < 4.78 is 36.4. The predicted octanol–water partition coefficient (Wildman–Crippen LogP) is 5.98. The van der Waals surface area contributed by atoms with Crippen molar-refractivity contribution in [2.75, 3.05) is 5.73 Å². The fourth-order valence-corrected chi connectivity index (χ4v) is 5.98. The van der Waals surface area contributed by atoms with Crippen molar-refractivity contribution in [2.45, 2.75) is 26.0 Å². The molecular weight excluding hydrogens is 553 g/mol. The second-order valence-electron chi connectivity index (χ2n) is 9.24. The molecule has 0 saturated carbocycles. The number of aryl methyl sites for hydroxylation is 1. The van der Waals surface area contributed by atoms with Crippen LogP contribution in [-0.2, 0) is 0 Å². The van der Waals surface area contributed by atoms with E-state index in [2.05, 4.69) is 9.97 Å². The van der Waals surface area contributed by atoms with Gasteiger partial charge in [0.05, 0.1) is 17.0 Å². The number of hydrogen-bond donors (Lipinski definition) is 1. The Morgan fingerprint density at radius 1 is 1.10 bits per heavy atom. The summed E-state index contributed by atoms with van der Waals surface area (Å²) in [5.74, 6) is -0.826. The zero-order valence-corrected chi connectivity index (χ0v) is 23.3. The Labute approximate surface area is 233 Å². The zero-order valence-electron chi connectivity index (χ0n) is 21.4. The molecular formula is C28H23F2N6O2PS. The maximum Gasteiger partial charge on any atom is 0.264 e. The Morgan fingerprint density at radius 2 is 1.88 bits per heavy atom. The van der Waals surface area contributed by atoms with E-state index in [0.29, 0.717) is 27.9 Å². The highest BCUT2D eigenvalue weighted by atomic mass is 32.1. The number of halogens is 2. The molecule has 6 aromatic rings. The fourth-order valence-electron chi connectivity index (χ4n) is 4.91. The van der Waals surface area contributed by atoms with Gasteiger partial charge in [-0.25, -0.2) is 19.0 Å². The van der Waals surface area contributed by atoms with E-state index in [-0.39, 0.29) is 17.1 Å². The number of aromatic nitrogens is 5. The molecule has 0 aliphatic rings. The van der Waals surface area contributed by atoms with Crippen LogP contribution in [0.15, 0.2) is 71.1 Å². The van der Waals surface area contributed by atoms with Gasteiger partial charge in [0.15, 0.2) is 17.2 Å². The number of pyridine rings is 1. The summed E-state index contributed by atoms with van der Waals surface area (Å²) in [7, 11) is 1.81. The maximum absolute atomic E-state index is 14.8. The summed E-state index contributed by atoms with van der Waals surface area (Å²) in [5, 5.41) is 7.20. The van der Waals surface area contributed by atoms with Crippen molar-refractivity contribution in [1.29, 1.82) is 0 Å². The molecule has 8 nitrogen and oxygen atoms in total. The van der Waals surface area contributed by atoms with E-state index in [1.165, 1.54) is 29.8 Å². The molecule has 4 aromatic heterocycles. The van der Waals surface area contributed by atoms with Crippen molar-refractivity contribution in [1.82, 2.24) is 24.1 Å². The Kier molecular flexibility index (Phi) is 6.56. The zero-order chi connectivity index (χ0) is 28.1. The molecule has 202 valence electrons. The van der Waals surface area contributed by atoms with Gasteiger partial charge in [-0.05, 0) is 49.2 Å². The lowest BCUT2D eigenvalue weighted by molar-refractivity contribution is 0.147. The lowest BCUT2D eigenvalue weighted by atomic mass is 9.97. The number of ether oxygens (including phenoxy) is 1. The normalized spacial score (nSPS) is 13.1. The average molecular weight is 577 g/mol. The second kappa shape index (κ2) is 10.1. The molecule has 12 heteroatoms. The molecule has 2 unspecified atom stereocenters. The van der Waals surface area contributed by atoms with Crippen LogP contribution in [0.3, 0.4) is 0 Å². The number of benzene rings is 2. The molecule has 6 rings (SSSR count). The summed E-state index contributed by atoms with van der Waals surface area (Å²) in [6.07, 6.45) is -0.416. The van der Waals surface area contributed by atoms with Crippen molar-refractivity contribution in [3.05, 3.63) is 93.7 Å². The van der Waals surface area contributed by atoms with Crippen molar-refractivity contribution in [2.24, 2.45) is 0 Å². The minimum Gasteiger partial charge on any atom is -0.454 e. The highest BCUT2D eigenvalue weighted by Gasteiger charge is 2.26. The van der Waals surface area contributed by atoms with Crippen LogP contribution in [0, 0.1) is 12.7 Å². The van der Waals surface area contributed by atoms with Gasteiger partial charge in [0.25, 0.3) is 5.56 Å². The molecule has 3 atom stereocenters. The van der Waals surface area contributed by atoms with Gasteiger partial charge in [-0.15, -0.1) is 11.3 Å². The van der Waals surface area contributed by atoms with Crippen LogP contribution in [0.2, 0.25) is 0 Å². The standard InChI is InChI=1S/C28H23F2N6O2PS/c1-14-12-40-21-11-18(22(27(37)35(14)21)16-6-4-3-5-7-16)15(2)36-26-23(25(31)32-13-33-26)24(34-36)17-8-9-20(19(29)10-17)38-28(30)39/h3-13,15,28H,39H2,1-2H3,(H2,31,32,33)/t15-,28?/m0/s1. The van der Waals surface area contributed by atoms with Gasteiger partial charge in [0.2, 0.25) is 6.10 Å². The van der Waals surface area contributed by atoms with Crippen molar-refractivity contribution in [3.8, 4) is 28.1 Å². The summed E-state index contributed by atoms with van der Waals surface area (Å²) in [4.78, 5) is 23.3. The molecule has 0 fully saturated rings. The number of rotatable bonds is 6. The third kappa shape index (κ3) is 4.31. The molecule has 0 bridgehead atoms. The Hall–Kier alpha value is -4.21. The first kappa shape index (κ1) is 26.0. The molecule has 0 saturated heterocycles. The first-order valence-corrected chi connectivity index (χ1v) is 13.8. The number of fused-ring (bicyclic) bond motifs is 2. The van der Waals surface area contributed by atoms with E-state index < -0.39 is 18.0 Å². The molecule has 4 heterocycles. The van der Waals surface area contributed by atoms with E-state index in [4.69, 9.17) is 15.6 Å². The van der Waals surface area contributed by atoms with E-state index in [0.717, 1.165) is 21.7 Å². The monoisotopic (exact) mass is 576 g/mol. The third-order valence-corrected chi connectivity index (χ3v) is 7.89. The lowest BCUT2D eigenvalue weighted by Gasteiger charge is -2.18. The topological polar surface area (TPSA) is 100 Å². The highest BCUT2D eigenvalue weighted by molar-refractivity contribution is 7.17. The molecule has 40 heavy (non-hydrogen) atoms. The quantitative estimate of drug-likeness (QED) is 0.245. The van der Waals surface area contributed by atoms with Crippen LogP contribution >= 0.6 is 20.6 Å². The molecule has 2 N–H and O–H groups in total. The minimum absolute atomic E-state index is 0.131. The number of anilines is 1. The molecule has 0 amide bonds. The van der Waals surface area contributed by atoms with Gasteiger partial charge < -0.3 is 10.5 Å². The lowest BCUT2D eigenvalue weighted by Crippen LogP contribution is -2.21. The van der Waals surface area contributed by atoms with Gasteiger partial charge in [0.1, 0.15) is 22.7 Å². The van der Waals surface area contributed by atoms with E-state index in [1.54, 1.807) is 15.1 Å². The summed E-state index contributed by atoms with van der Waals surface area (Å²) >= 11 is 1.48. The molecule has 0 spiro atoms. The number of hydrogen-bond acceptors (Lipinski definition) is 7. The van der Waals surface area contributed by atoms with E-state index >= 15 is 0 Å². The molecule has 0 aliphatic heterocycles. The number of nitrogens with zero attached hydrogens (tertiary/aromatic N) is 5. The van der Waals surface area contributed by atoms with Crippen LogP contribution in [0.5, 0.6) is 5.75 Å². The number of thiazole rings is 1. The smallest absolute Gasteiger partial charge is 0.264 e. The van der Waals surface area contributed by atoms with Crippen LogP contribution in [0.4, 0.5) is 14.6 Å². The fraction of sp³-hybridized carbons (Fsp3) is 0.143. The van der Waals surface area contributed by atoms with Gasteiger partial charge in [-0.1, -0.05) is 39.6 Å². The van der Waals surface area contributed by atoms with E-state index in [1.807, 2.05) is 64.9 Å². The first-order valence-electron chi connectivity index (χ1n) is 12.3. The first-order chi connectivity index (χ1) is 19.2. The van der Waals surface area contributed by atoms with E-state index in [9.17, 15) is 13.6 Å². The summed E-state index contributed by atoms with van der Waals surface area (Å²) in [6.45, 7) is 3.82. The average Bonchev–Trinajstić information content (AvgIpc) is 3.51. The largest absolute Gasteiger partial charge is 0.454 e. The molecule has 0 radical (unpaired) electrons. The van der Waals surface area contributed by atoms with Gasteiger partial charge >= 0.3 is 0 Å². The van der Waals surface area contributed by atoms with Crippen molar-refractivity contribution in [3.63, 3.8) is 0 Å². The Balaban J connectivity index is 1.58. The molecule has 0 aliphatic carbocycles. The highest BCUT2D eigenvalue weighted by Crippen LogP contribution is 2.37. The minimum atomic E-state index is -1.75. The van der Waals surface area contributed by atoms with Crippen molar-refractivity contribution < 1.29 is 13.5 Å². The Bertz CT molecular complexity index is 1950. The van der Waals surface area contributed by atoms with Crippen LogP contribution in [0.25, 0.3) is 38.2 Å². The van der Waals surface area contributed by atoms with Gasteiger partial charge in [-0.3, -0.25) is 9.20 Å². The number of alkyl halides is 1. The van der Waals surface area contributed by atoms with Crippen molar-refractivity contribution >= 4 is 42.3 Å². The third-order valence-electron chi connectivity index (χ3n) is 6.75. The number of nitrogen functional groups attached to an aromatic ring is 1. The predicted molar refractivity (Wildman–Crippen MR) is 156 cm³/mol. The van der Waals surface area contributed by atoms with Gasteiger partial charge in [0, 0.05) is 16.6 Å². The van der Waals surface area contributed by atoms with Crippen LogP contribution < -0.4 is 16.0 Å². The van der Waals surface area contributed by atoms with Gasteiger partial charge in [-0.2, -0.15) is 9.49 Å². The van der Waals surface area contributed by atoms with Crippen LogP contribution in [0.1, 0.15) is 24.2 Å². The summed E-state index contributed by atoms with van der Waals surface area (Å²) in [6, 6.07) is 15.1. The Morgan fingerprint density at radius 3 is 2.60 bits per heavy atom. The summed E-state index contributed by atoms with van der Waals surface area (Å²) in [5.41, 5.74) is 10.2.